The topological polar surface area (TPSA) is 240 Å². The van der Waals surface area contributed by atoms with Gasteiger partial charge < -0.3 is 39.4 Å². The molecule has 20 heteroatoms. The number of nitrogens with zero attached hydrogens (tertiary/aromatic N) is 8. The molecule has 2 aliphatic heterocycles. The lowest BCUT2D eigenvalue weighted by atomic mass is 10.2. The summed E-state index contributed by atoms with van der Waals surface area (Å²) in [4.78, 5) is 33.9. The van der Waals surface area contributed by atoms with E-state index in [0.29, 0.717) is 35.2 Å². The lowest BCUT2D eigenvalue weighted by molar-refractivity contribution is -0.0444. The Bertz CT molecular complexity index is 1570. The molecule has 2 fully saturated rings. The maximum absolute atomic E-state index is 12.9. The Labute approximate surface area is 226 Å². The summed E-state index contributed by atoms with van der Waals surface area (Å²) in [7, 11) is -6.18. The second-order valence-corrected chi connectivity index (χ2v) is 11.0. The predicted molar refractivity (Wildman–Crippen MR) is 138 cm³/mol. The van der Waals surface area contributed by atoms with Crippen LogP contribution < -0.4 is 11.5 Å². The third kappa shape index (κ3) is 5.44. The fourth-order valence-electron chi connectivity index (χ4n) is 4.81. The Hall–Kier alpha value is -3.08. The van der Waals surface area contributed by atoms with Gasteiger partial charge in [-0.3, -0.25) is 18.3 Å². The molecule has 4 aromatic heterocycles. The van der Waals surface area contributed by atoms with Crippen LogP contribution in [-0.4, -0.2) is 75.5 Å². The third-order valence-electron chi connectivity index (χ3n) is 6.62. The van der Waals surface area contributed by atoms with Gasteiger partial charge in [0.05, 0.1) is 38.1 Å². The first-order chi connectivity index (χ1) is 19.4. The molecule has 4 aromatic rings. The molecule has 6 heterocycles. The zero-order valence-electron chi connectivity index (χ0n) is 20.8. The molecule has 0 radical (unpaired) electrons. The number of aromatic nitrogens is 8. The fourth-order valence-corrected chi connectivity index (χ4v) is 5.99. The van der Waals surface area contributed by atoms with Gasteiger partial charge >= 0.3 is 16.5 Å². The predicted octanol–water partition coefficient (Wildman–Crippen LogP) is 0.986. The smallest absolute Gasteiger partial charge is 0.319 e. The second kappa shape index (κ2) is 11.4. The summed E-state index contributed by atoms with van der Waals surface area (Å²) < 4.78 is 55.6. The van der Waals surface area contributed by atoms with Gasteiger partial charge in [-0.15, -0.1) is 0 Å². The monoisotopic (exact) mass is 596 g/mol. The molecule has 0 aliphatic carbocycles. The van der Waals surface area contributed by atoms with Crippen molar-refractivity contribution < 1.29 is 37.1 Å². The van der Waals surface area contributed by atoms with Crippen LogP contribution in [-0.2, 0) is 32.2 Å². The fraction of sp³-hybridized carbons (Fsp3) is 0.500. The van der Waals surface area contributed by atoms with E-state index < -0.39 is 34.9 Å². The highest BCUT2D eigenvalue weighted by Crippen LogP contribution is 2.41. The van der Waals surface area contributed by atoms with Gasteiger partial charge in [-0.1, -0.05) is 0 Å². The number of ether oxygens (including phenoxy) is 2. The highest BCUT2D eigenvalue weighted by Gasteiger charge is 2.40. The van der Waals surface area contributed by atoms with Crippen molar-refractivity contribution in [2.24, 2.45) is 0 Å². The van der Waals surface area contributed by atoms with Crippen molar-refractivity contribution in [3.05, 3.63) is 25.3 Å². The number of hydrogen-bond donors (Lipinski definition) is 3. The molecule has 0 aromatic carbocycles. The van der Waals surface area contributed by atoms with E-state index in [4.69, 9.17) is 39.4 Å². The minimum Gasteiger partial charge on any atom is -0.382 e. The number of nitrogens with two attached hydrogens (primary N) is 2. The van der Waals surface area contributed by atoms with Crippen molar-refractivity contribution in [3.8, 4) is 0 Å². The number of nitrogen functional groups attached to an aromatic ring is 2. The first-order valence-corrected chi connectivity index (χ1v) is 14.7. The average molecular weight is 596 g/mol. The van der Waals surface area contributed by atoms with Crippen LogP contribution in [0.1, 0.15) is 31.7 Å². The van der Waals surface area contributed by atoms with Crippen molar-refractivity contribution in [2.45, 2.75) is 50.0 Å². The highest BCUT2D eigenvalue weighted by atomic mass is 31.1. The van der Waals surface area contributed by atoms with Crippen LogP contribution >= 0.6 is 16.5 Å². The summed E-state index contributed by atoms with van der Waals surface area (Å²) >= 11 is 0. The molecule has 2 unspecified atom stereocenters. The van der Waals surface area contributed by atoms with Crippen molar-refractivity contribution >= 4 is 50.5 Å². The quantitative estimate of drug-likeness (QED) is 0.216. The standard InChI is InChI=1S/C20H26N10O8P2/c21-16-14-18(25-6-23-16)29(8-27-14)13-2-1-10(36-13)4-35-40(33)38-12-3-11(5-34-39(31)32)37-20(12)30-9-28-15-17(22)24-7-26-19(15)30/h6-13,20,39-40H,1-5H2,(H,31,32)(H2,21,23,25)(H2,22,24,26)/t10-,11-,12+,13+,20+/m0/s1. The van der Waals surface area contributed by atoms with Crippen molar-refractivity contribution in [1.82, 2.24) is 39.0 Å². The number of imidazole rings is 2. The lowest BCUT2D eigenvalue weighted by Crippen LogP contribution is -2.21. The van der Waals surface area contributed by atoms with Crippen molar-refractivity contribution in [2.75, 3.05) is 24.7 Å². The highest BCUT2D eigenvalue weighted by molar-refractivity contribution is 7.33. The molecule has 40 heavy (non-hydrogen) atoms. The van der Waals surface area contributed by atoms with Crippen molar-refractivity contribution in [3.63, 3.8) is 0 Å². The summed E-state index contributed by atoms with van der Waals surface area (Å²) in [5.41, 5.74) is 13.6. The van der Waals surface area contributed by atoms with E-state index in [2.05, 4.69) is 29.9 Å². The normalized spacial score (nSPS) is 26.6. The Morgan fingerprint density at radius 1 is 0.875 bits per heavy atom. The van der Waals surface area contributed by atoms with Gasteiger partial charge in [0.25, 0.3) is 0 Å². The molecule has 214 valence electrons. The van der Waals surface area contributed by atoms with E-state index in [-0.39, 0.29) is 43.6 Å². The molecule has 7 atom stereocenters. The summed E-state index contributed by atoms with van der Waals surface area (Å²) in [5.74, 6) is 0.468. The lowest BCUT2D eigenvalue weighted by Gasteiger charge is -2.21. The van der Waals surface area contributed by atoms with E-state index in [1.807, 2.05) is 0 Å². The molecule has 2 aliphatic rings. The molecule has 0 saturated carbocycles. The largest absolute Gasteiger partial charge is 0.382 e. The Kier molecular flexibility index (Phi) is 7.74. The minimum absolute atomic E-state index is 0.0348. The van der Waals surface area contributed by atoms with Crippen LogP contribution in [0.4, 0.5) is 11.6 Å². The van der Waals surface area contributed by atoms with E-state index in [1.165, 1.54) is 19.0 Å². The SMILES string of the molecule is Nc1ncnc2c1ncn2[C@@H]1O[C@H](CO[PH](=O)O)C[C@H]1O[PH](=O)OC[C@@H]1CC[C@H](n2cnc3c(N)ncnc32)O1. The van der Waals surface area contributed by atoms with E-state index in [9.17, 15) is 9.13 Å². The summed E-state index contributed by atoms with van der Waals surface area (Å²) in [5, 5.41) is 0. The second-order valence-electron chi connectivity index (χ2n) is 9.13. The van der Waals surface area contributed by atoms with Gasteiger partial charge in [0.15, 0.2) is 29.2 Å². The van der Waals surface area contributed by atoms with E-state index >= 15 is 0 Å². The maximum atomic E-state index is 12.9. The maximum Gasteiger partial charge on any atom is 0.319 e. The molecule has 18 nitrogen and oxygen atoms in total. The molecule has 6 rings (SSSR count). The van der Waals surface area contributed by atoms with E-state index in [0.717, 1.165) is 0 Å². The zero-order valence-corrected chi connectivity index (χ0v) is 22.8. The Morgan fingerprint density at radius 2 is 1.52 bits per heavy atom. The zero-order chi connectivity index (χ0) is 27.8. The van der Waals surface area contributed by atoms with Crippen LogP contribution in [0.5, 0.6) is 0 Å². The summed E-state index contributed by atoms with van der Waals surface area (Å²) in [6.07, 6.45) is 4.33. The summed E-state index contributed by atoms with van der Waals surface area (Å²) in [6.45, 7) is -0.125. The van der Waals surface area contributed by atoms with Gasteiger partial charge in [-0.2, -0.15) is 0 Å². The molecule has 0 spiro atoms. The molecule has 2 saturated heterocycles. The van der Waals surface area contributed by atoms with Crippen molar-refractivity contribution in [1.29, 1.82) is 0 Å². The number of rotatable bonds is 10. The van der Waals surface area contributed by atoms with Crippen LogP contribution in [0.15, 0.2) is 25.3 Å². The Balaban J connectivity index is 1.09. The van der Waals surface area contributed by atoms with Crippen LogP contribution in [0.2, 0.25) is 0 Å². The van der Waals surface area contributed by atoms with Gasteiger partial charge in [-0.05, 0) is 12.8 Å². The van der Waals surface area contributed by atoms with Crippen LogP contribution in [0.3, 0.4) is 0 Å². The summed E-state index contributed by atoms with van der Waals surface area (Å²) in [6, 6.07) is 0. The number of hydrogen-bond acceptors (Lipinski definition) is 15. The molecular formula is C20H26N10O8P2. The number of anilines is 2. The van der Waals surface area contributed by atoms with Gasteiger partial charge in [0, 0.05) is 6.42 Å². The third-order valence-corrected chi connectivity index (χ3v) is 7.93. The first-order valence-electron chi connectivity index (χ1n) is 12.2. The number of fused-ring (bicyclic) bond motifs is 2. The Morgan fingerprint density at radius 3 is 2.23 bits per heavy atom. The van der Waals surface area contributed by atoms with Gasteiger partial charge in [-0.25, -0.2) is 29.9 Å². The molecule has 0 amide bonds. The van der Waals surface area contributed by atoms with Crippen LogP contribution in [0.25, 0.3) is 22.3 Å². The minimum atomic E-state index is -3.16. The van der Waals surface area contributed by atoms with Gasteiger partial charge in [0.2, 0.25) is 0 Å². The average Bonchev–Trinajstić information content (AvgIpc) is 3.72. The molecule has 0 bridgehead atoms. The van der Waals surface area contributed by atoms with E-state index in [1.54, 1.807) is 15.5 Å². The van der Waals surface area contributed by atoms with Crippen LogP contribution in [0, 0.1) is 0 Å². The van der Waals surface area contributed by atoms with Gasteiger partial charge in [0.1, 0.15) is 36.0 Å². The molecule has 5 N–H and O–H groups in total. The first kappa shape index (κ1) is 27.1. The molecular weight excluding hydrogens is 570 g/mol.